The Bertz CT molecular complexity index is 912. The smallest absolute Gasteiger partial charge is 0.305 e. The van der Waals surface area contributed by atoms with Gasteiger partial charge in [-0.3, -0.25) is 14.5 Å². The second-order valence-corrected chi connectivity index (χ2v) is 7.10. The van der Waals surface area contributed by atoms with Gasteiger partial charge in [0.1, 0.15) is 0 Å². The third kappa shape index (κ3) is 4.68. The van der Waals surface area contributed by atoms with E-state index in [1.54, 1.807) is 14.2 Å². The average molecular weight is 398 g/mol. The molecule has 2 N–H and O–H groups in total. The SMILES string of the molecule is COc1cc2c(cc1OC)[C@H](CC(=O)O)N(CC(=O)Nc1ccccc1C)CC2. The van der Waals surface area contributed by atoms with E-state index in [1.807, 2.05) is 48.2 Å². The quantitative estimate of drug-likeness (QED) is 0.745. The number of methoxy groups -OCH3 is 2. The summed E-state index contributed by atoms with van der Waals surface area (Å²) < 4.78 is 10.8. The van der Waals surface area contributed by atoms with Crippen molar-refractivity contribution in [2.45, 2.75) is 25.8 Å². The van der Waals surface area contributed by atoms with Crippen molar-refractivity contribution in [1.82, 2.24) is 4.90 Å². The number of hydrogen-bond donors (Lipinski definition) is 2. The standard InChI is InChI=1S/C22H26N2O5/c1-14-6-4-5-7-17(14)23-21(25)13-24-9-8-15-10-19(28-2)20(29-3)11-16(15)18(24)12-22(26)27/h4-7,10-11,18H,8-9,12-13H2,1-3H3,(H,23,25)(H,26,27)/t18-/m0/s1. The molecule has 2 aromatic carbocycles. The normalized spacial score (nSPS) is 16.0. The number of carbonyl (C=O) groups excluding carboxylic acids is 1. The zero-order valence-corrected chi connectivity index (χ0v) is 16.9. The van der Waals surface area contributed by atoms with Gasteiger partial charge >= 0.3 is 5.97 Å². The first kappa shape index (κ1) is 20.7. The number of para-hydroxylation sites is 1. The molecular weight excluding hydrogens is 372 g/mol. The molecular formula is C22H26N2O5. The van der Waals surface area contributed by atoms with Crippen molar-refractivity contribution in [3.63, 3.8) is 0 Å². The largest absolute Gasteiger partial charge is 0.493 e. The summed E-state index contributed by atoms with van der Waals surface area (Å²) >= 11 is 0. The van der Waals surface area contributed by atoms with Crippen molar-refractivity contribution < 1.29 is 24.2 Å². The van der Waals surface area contributed by atoms with Gasteiger partial charge in [-0.15, -0.1) is 0 Å². The Kier molecular flexibility index (Phi) is 6.39. The number of carbonyl (C=O) groups is 2. The van der Waals surface area contributed by atoms with Crippen LogP contribution < -0.4 is 14.8 Å². The van der Waals surface area contributed by atoms with Crippen LogP contribution in [-0.2, 0) is 16.0 Å². The highest BCUT2D eigenvalue weighted by Crippen LogP contribution is 2.39. The Balaban J connectivity index is 1.84. The summed E-state index contributed by atoms with van der Waals surface area (Å²) in [5.41, 5.74) is 3.62. The Morgan fingerprint density at radius 1 is 1.17 bits per heavy atom. The number of hydrogen-bond acceptors (Lipinski definition) is 5. The topological polar surface area (TPSA) is 88.1 Å². The lowest BCUT2D eigenvalue weighted by Crippen LogP contribution is -2.41. The number of nitrogens with zero attached hydrogens (tertiary/aromatic N) is 1. The first-order valence-electron chi connectivity index (χ1n) is 9.49. The van der Waals surface area contributed by atoms with E-state index in [0.29, 0.717) is 24.5 Å². The van der Waals surface area contributed by atoms with Gasteiger partial charge in [0.05, 0.1) is 27.2 Å². The number of carboxylic acid groups (broad SMARTS) is 1. The summed E-state index contributed by atoms with van der Waals surface area (Å²) in [4.78, 5) is 26.1. The number of aryl methyl sites for hydroxylation is 1. The van der Waals surface area contributed by atoms with Gasteiger partial charge in [0.2, 0.25) is 5.91 Å². The van der Waals surface area contributed by atoms with Gasteiger partial charge in [0, 0.05) is 18.3 Å². The number of carboxylic acids is 1. The van der Waals surface area contributed by atoms with E-state index in [-0.39, 0.29) is 18.9 Å². The molecule has 0 spiro atoms. The number of nitrogens with one attached hydrogen (secondary N) is 1. The fourth-order valence-corrected chi connectivity index (χ4v) is 3.76. The van der Waals surface area contributed by atoms with Crippen molar-refractivity contribution in [1.29, 1.82) is 0 Å². The van der Waals surface area contributed by atoms with E-state index in [9.17, 15) is 14.7 Å². The maximum Gasteiger partial charge on any atom is 0.305 e. The number of ether oxygens (including phenoxy) is 2. The van der Waals surface area contributed by atoms with Crippen molar-refractivity contribution in [2.75, 3.05) is 32.6 Å². The zero-order chi connectivity index (χ0) is 21.0. The molecule has 1 atom stereocenters. The van der Waals surface area contributed by atoms with Gasteiger partial charge in [-0.2, -0.15) is 0 Å². The van der Waals surface area contributed by atoms with E-state index in [1.165, 1.54) is 0 Å². The van der Waals surface area contributed by atoms with Gasteiger partial charge in [-0.05, 0) is 48.2 Å². The summed E-state index contributed by atoms with van der Waals surface area (Å²) in [6.07, 6.45) is 0.601. The van der Waals surface area contributed by atoms with Crippen molar-refractivity contribution >= 4 is 17.6 Å². The van der Waals surface area contributed by atoms with Crippen molar-refractivity contribution in [3.05, 3.63) is 53.1 Å². The number of anilines is 1. The second-order valence-electron chi connectivity index (χ2n) is 7.10. The molecule has 7 nitrogen and oxygen atoms in total. The van der Waals surface area contributed by atoms with Gasteiger partial charge in [0.15, 0.2) is 11.5 Å². The molecule has 0 fully saturated rings. The van der Waals surface area contributed by atoms with Crippen LogP contribution in [0.3, 0.4) is 0 Å². The molecule has 2 aromatic rings. The first-order chi connectivity index (χ1) is 13.9. The Labute approximate surface area is 170 Å². The predicted octanol–water partition coefficient (Wildman–Crippen LogP) is 3.02. The zero-order valence-electron chi connectivity index (χ0n) is 16.9. The Morgan fingerprint density at radius 3 is 2.52 bits per heavy atom. The van der Waals surface area contributed by atoms with Crippen LogP contribution in [-0.4, -0.2) is 49.2 Å². The first-order valence-corrected chi connectivity index (χ1v) is 9.49. The molecule has 1 aliphatic heterocycles. The molecule has 0 radical (unpaired) electrons. The van der Waals surface area contributed by atoms with E-state index >= 15 is 0 Å². The maximum absolute atomic E-state index is 12.7. The van der Waals surface area contributed by atoms with E-state index < -0.39 is 12.0 Å². The molecule has 7 heteroatoms. The molecule has 0 aliphatic carbocycles. The van der Waals surface area contributed by atoms with Crippen molar-refractivity contribution in [3.8, 4) is 11.5 Å². The van der Waals surface area contributed by atoms with Crippen LogP contribution in [0.15, 0.2) is 36.4 Å². The van der Waals surface area contributed by atoms with E-state index in [2.05, 4.69) is 5.32 Å². The number of benzene rings is 2. The highest BCUT2D eigenvalue weighted by atomic mass is 16.5. The number of amides is 1. The lowest BCUT2D eigenvalue weighted by Gasteiger charge is -2.36. The predicted molar refractivity (Wildman–Crippen MR) is 110 cm³/mol. The molecule has 3 rings (SSSR count). The number of fused-ring (bicyclic) bond motifs is 1. The van der Waals surface area contributed by atoms with Crippen LogP contribution >= 0.6 is 0 Å². The molecule has 1 heterocycles. The van der Waals surface area contributed by atoms with Crippen LogP contribution in [0.1, 0.15) is 29.2 Å². The number of aliphatic carboxylic acids is 1. The molecule has 0 saturated carbocycles. The molecule has 0 aromatic heterocycles. The fraction of sp³-hybridized carbons (Fsp3) is 0.364. The highest BCUT2D eigenvalue weighted by Gasteiger charge is 2.32. The van der Waals surface area contributed by atoms with Crippen LogP contribution in [0.25, 0.3) is 0 Å². The highest BCUT2D eigenvalue weighted by molar-refractivity contribution is 5.93. The molecule has 0 unspecified atom stereocenters. The van der Waals surface area contributed by atoms with Gasteiger partial charge < -0.3 is 19.9 Å². The van der Waals surface area contributed by atoms with Gasteiger partial charge in [-0.25, -0.2) is 0 Å². The van der Waals surface area contributed by atoms with E-state index in [4.69, 9.17) is 9.47 Å². The lowest BCUT2D eigenvalue weighted by atomic mass is 9.90. The Morgan fingerprint density at radius 2 is 1.86 bits per heavy atom. The van der Waals surface area contributed by atoms with E-state index in [0.717, 1.165) is 22.4 Å². The maximum atomic E-state index is 12.7. The summed E-state index contributed by atoms with van der Waals surface area (Å²) in [6.45, 7) is 2.63. The van der Waals surface area contributed by atoms with Crippen LogP contribution in [0.5, 0.6) is 11.5 Å². The lowest BCUT2D eigenvalue weighted by molar-refractivity contribution is -0.139. The number of rotatable bonds is 7. The minimum atomic E-state index is -0.915. The summed E-state index contributed by atoms with van der Waals surface area (Å²) in [5, 5.41) is 12.4. The van der Waals surface area contributed by atoms with Crippen LogP contribution in [0, 0.1) is 6.92 Å². The summed E-state index contributed by atoms with van der Waals surface area (Å²) in [7, 11) is 3.12. The van der Waals surface area contributed by atoms with Crippen LogP contribution in [0.2, 0.25) is 0 Å². The van der Waals surface area contributed by atoms with Gasteiger partial charge in [-0.1, -0.05) is 18.2 Å². The monoisotopic (exact) mass is 398 g/mol. The Hall–Kier alpha value is -3.06. The molecule has 1 aliphatic rings. The molecule has 1 amide bonds. The molecule has 0 saturated heterocycles. The average Bonchev–Trinajstić information content (AvgIpc) is 2.70. The molecule has 154 valence electrons. The fourth-order valence-electron chi connectivity index (χ4n) is 3.76. The third-order valence-corrected chi connectivity index (χ3v) is 5.25. The van der Waals surface area contributed by atoms with Crippen LogP contribution in [0.4, 0.5) is 5.69 Å². The minimum absolute atomic E-state index is 0.0971. The van der Waals surface area contributed by atoms with Crippen molar-refractivity contribution in [2.24, 2.45) is 0 Å². The summed E-state index contributed by atoms with van der Waals surface area (Å²) in [6, 6.07) is 10.9. The molecule has 0 bridgehead atoms. The second kappa shape index (κ2) is 8.96. The molecule has 29 heavy (non-hydrogen) atoms. The van der Waals surface area contributed by atoms with Gasteiger partial charge in [0.25, 0.3) is 0 Å². The summed E-state index contributed by atoms with van der Waals surface area (Å²) in [5.74, 6) is 0.0829. The third-order valence-electron chi connectivity index (χ3n) is 5.25. The minimum Gasteiger partial charge on any atom is -0.493 e.